The average Bonchev–Trinajstić information content (AvgIpc) is 2.62. The van der Waals surface area contributed by atoms with Gasteiger partial charge in [-0.2, -0.15) is 0 Å². The molecule has 3 nitrogen and oxygen atoms in total. The molecule has 1 heterocycles. The van der Waals surface area contributed by atoms with Gasteiger partial charge < -0.3 is 9.73 Å². The second-order valence-electron chi connectivity index (χ2n) is 4.34. The summed E-state index contributed by atoms with van der Waals surface area (Å²) in [5.74, 6) is 1.46. The molecule has 1 aromatic rings. The van der Waals surface area contributed by atoms with E-state index in [1.54, 1.807) is 13.0 Å². The molecule has 90 valence electrons. The SMILES string of the molecule is Cc1occc1C(=O)NC(CCl)CC(C)C. The summed E-state index contributed by atoms with van der Waals surface area (Å²) in [4.78, 5) is 11.8. The Morgan fingerprint density at radius 2 is 2.25 bits per heavy atom. The van der Waals surface area contributed by atoms with Crippen LogP contribution in [0, 0.1) is 12.8 Å². The summed E-state index contributed by atoms with van der Waals surface area (Å²) in [5, 5.41) is 2.91. The lowest BCUT2D eigenvalue weighted by Crippen LogP contribution is -2.37. The Labute approximate surface area is 101 Å². The molecule has 16 heavy (non-hydrogen) atoms. The zero-order chi connectivity index (χ0) is 12.1. The Morgan fingerprint density at radius 1 is 1.56 bits per heavy atom. The van der Waals surface area contributed by atoms with Crippen LogP contribution in [0.3, 0.4) is 0 Å². The number of alkyl halides is 1. The normalized spacial score (nSPS) is 12.8. The summed E-state index contributed by atoms with van der Waals surface area (Å²) in [6.45, 7) is 5.98. The van der Waals surface area contributed by atoms with Crippen LogP contribution in [-0.2, 0) is 0 Å². The van der Waals surface area contributed by atoms with Crippen molar-refractivity contribution < 1.29 is 9.21 Å². The molecule has 4 heteroatoms. The highest BCUT2D eigenvalue weighted by Crippen LogP contribution is 2.11. The molecule has 0 saturated carbocycles. The minimum absolute atomic E-state index is 0.0171. The number of furan rings is 1. The Balaban J connectivity index is 2.59. The first-order chi connectivity index (χ1) is 7.54. The predicted octanol–water partition coefficient (Wildman–Crippen LogP) is 2.97. The molecule has 0 aliphatic carbocycles. The van der Waals surface area contributed by atoms with E-state index < -0.39 is 0 Å². The van der Waals surface area contributed by atoms with Crippen LogP contribution in [-0.4, -0.2) is 17.8 Å². The molecule has 1 N–H and O–H groups in total. The molecule has 0 bridgehead atoms. The minimum Gasteiger partial charge on any atom is -0.469 e. The Morgan fingerprint density at radius 3 is 2.69 bits per heavy atom. The summed E-state index contributed by atoms with van der Waals surface area (Å²) in [6, 6.07) is 1.69. The van der Waals surface area contributed by atoms with Gasteiger partial charge in [0, 0.05) is 11.9 Å². The lowest BCUT2D eigenvalue weighted by molar-refractivity contribution is 0.0935. The van der Waals surface area contributed by atoms with Crippen molar-refractivity contribution in [3.63, 3.8) is 0 Å². The maximum atomic E-state index is 11.8. The average molecular weight is 244 g/mol. The number of rotatable bonds is 5. The van der Waals surface area contributed by atoms with Crippen LogP contribution in [0.5, 0.6) is 0 Å². The van der Waals surface area contributed by atoms with Crippen molar-refractivity contribution in [2.24, 2.45) is 5.92 Å². The number of carbonyl (C=O) groups excluding carboxylic acids is 1. The molecule has 0 aromatic carbocycles. The van der Waals surface area contributed by atoms with E-state index in [-0.39, 0.29) is 11.9 Å². The molecule has 0 aliphatic heterocycles. The molecule has 0 aliphatic rings. The van der Waals surface area contributed by atoms with E-state index in [0.717, 1.165) is 6.42 Å². The second-order valence-corrected chi connectivity index (χ2v) is 4.65. The molecular weight excluding hydrogens is 226 g/mol. The van der Waals surface area contributed by atoms with Gasteiger partial charge in [0.1, 0.15) is 5.76 Å². The quantitative estimate of drug-likeness (QED) is 0.808. The first-order valence-electron chi connectivity index (χ1n) is 5.45. The third-order valence-electron chi connectivity index (χ3n) is 2.38. The van der Waals surface area contributed by atoms with Gasteiger partial charge in [-0.25, -0.2) is 0 Å². The highest BCUT2D eigenvalue weighted by Gasteiger charge is 2.16. The van der Waals surface area contributed by atoms with Gasteiger partial charge in [0.2, 0.25) is 0 Å². The summed E-state index contributed by atoms with van der Waals surface area (Å²) in [5.41, 5.74) is 0.582. The van der Waals surface area contributed by atoms with Crippen molar-refractivity contribution in [1.82, 2.24) is 5.32 Å². The van der Waals surface area contributed by atoms with Gasteiger partial charge in [-0.05, 0) is 25.3 Å². The van der Waals surface area contributed by atoms with Gasteiger partial charge in [0.15, 0.2) is 0 Å². The van der Waals surface area contributed by atoms with Crippen molar-refractivity contribution in [3.8, 4) is 0 Å². The van der Waals surface area contributed by atoms with Crippen molar-refractivity contribution in [1.29, 1.82) is 0 Å². The minimum atomic E-state index is -0.113. The van der Waals surface area contributed by atoms with Crippen LogP contribution in [0.25, 0.3) is 0 Å². The van der Waals surface area contributed by atoms with Crippen molar-refractivity contribution in [3.05, 3.63) is 23.7 Å². The van der Waals surface area contributed by atoms with Crippen LogP contribution in [0.1, 0.15) is 36.4 Å². The fraction of sp³-hybridized carbons (Fsp3) is 0.583. The van der Waals surface area contributed by atoms with E-state index in [0.29, 0.717) is 23.1 Å². The fourth-order valence-electron chi connectivity index (χ4n) is 1.61. The third kappa shape index (κ3) is 3.56. The van der Waals surface area contributed by atoms with Crippen LogP contribution >= 0.6 is 11.6 Å². The molecule has 0 radical (unpaired) electrons. The van der Waals surface area contributed by atoms with Crippen LogP contribution < -0.4 is 5.32 Å². The molecule has 0 fully saturated rings. The lowest BCUT2D eigenvalue weighted by atomic mass is 10.0. The summed E-state index contributed by atoms with van der Waals surface area (Å²) < 4.78 is 5.09. The zero-order valence-corrected chi connectivity index (χ0v) is 10.7. The maximum absolute atomic E-state index is 11.8. The van der Waals surface area contributed by atoms with E-state index in [1.807, 2.05) is 0 Å². The monoisotopic (exact) mass is 243 g/mol. The Bertz CT molecular complexity index is 347. The zero-order valence-electron chi connectivity index (χ0n) is 9.92. The Hall–Kier alpha value is -0.960. The molecule has 1 amide bonds. The van der Waals surface area contributed by atoms with Crippen LogP contribution in [0.2, 0.25) is 0 Å². The number of hydrogen-bond acceptors (Lipinski definition) is 2. The molecule has 1 aromatic heterocycles. The highest BCUT2D eigenvalue weighted by molar-refractivity contribution is 6.18. The maximum Gasteiger partial charge on any atom is 0.255 e. The standard InChI is InChI=1S/C12H18ClNO2/c1-8(2)6-10(7-13)14-12(15)11-4-5-16-9(11)3/h4-5,8,10H,6-7H2,1-3H3,(H,14,15). The molecule has 1 rings (SSSR count). The topological polar surface area (TPSA) is 42.2 Å². The highest BCUT2D eigenvalue weighted by atomic mass is 35.5. The van der Waals surface area contributed by atoms with E-state index in [9.17, 15) is 4.79 Å². The van der Waals surface area contributed by atoms with Gasteiger partial charge in [0.05, 0.1) is 11.8 Å². The first-order valence-corrected chi connectivity index (χ1v) is 5.99. The number of aryl methyl sites for hydroxylation is 1. The summed E-state index contributed by atoms with van der Waals surface area (Å²) in [7, 11) is 0. The van der Waals surface area contributed by atoms with Crippen molar-refractivity contribution in [2.75, 3.05) is 5.88 Å². The largest absolute Gasteiger partial charge is 0.469 e. The number of amides is 1. The number of hydrogen-bond donors (Lipinski definition) is 1. The summed E-state index contributed by atoms with van der Waals surface area (Å²) >= 11 is 5.82. The van der Waals surface area contributed by atoms with Crippen molar-refractivity contribution >= 4 is 17.5 Å². The molecule has 1 atom stereocenters. The predicted molar refractivity (Wildman–Crippen MR) is 64.9 cm³/mol. The Kier molecular flexibility index (Phi) is 4.87. The number of halogens is 1. The first kappa shape index (κ1) is 13.1. The second kappa shape index (κ2) is 5.94. The number of nitrogens with one attached hydrogen (secondary N) is 1. The van der Waals surface area contributed by atoms with E-state index in [4.69, 9.17) is 16.0 Å². The summed E-state index contributed by atoms with van der Waals surface area (Å²) in [6.07, 6.45) is 2.40. The van der Waals surface area contributed by atoms with E-state index in [2.05, 4.69) is 19.2 Å². The smallest absolute Gasteiger partial charge is 0.255 e. The molecule has 0 spiro atoms. The van der Waals surface area contributed by atoms with E-state index >= 15 is 0 Å². The van der Waals surface area contributed by atoms with Gasteiger partial charge in [-0.3, -0.25) is 4.79 Å². The van der Waals surface area contributed by atoms with Crippen molar-refractivity contribution in [2.45, 2.75) is 33.2 Å². The van der Waals surface area contributed by atoms with E-state index in [1.165, 1.54) is 6.26 Å². The number of carbonyl (C=O) groups is 1. The van der Waals surface area contributed by atoms with Crippen LogP contribution in [0.4, 0.5) is 0 Å². The van der Waals surface area contributed by atoms with Gasteiger partial charge in [-0.15, -0.1) is 11.6 Å². The van der Waals surface area contributed by atoms with Gasteiger partial charge >= 0.3 is 0 Å². The third-order valence-corrected chi connectivity index (χ3v) is 2.75. The molecule has 1 unspecified atom stereocenters. The molecular formula is C12H18ClNO2. The van der Waals surface area contributed by atoms with Gasteiger partial charge in [-0.1, -0.05) is 13.8 Å². The lowest BCUT2D eigenvalue weighted by Gasteiger charge is -2.17. The van der Waals surface area contributed by atoms with Gasteiger partial charge in [0.25, 0.3) is 5.91 Å². The molecule has 0 saturated heterocycles. The fourth-order valence-corrected chi connectivity index (χ4v) is 1.82. The van der Waals surface area contributed by atoms with Crippen LogP contribution in [0.15, 0.2) is 16.7 Å².